The number of carbonyl (C=O) groups is 1. The van der Waals surface area contributed by atoms with E-state index in [2.05, 4.69) is 5.32 Å². The molecule has 0 radical (unpaired) electrons. The summed E-state index contributed by atoms with van der Waals surface area (Å²) in [6.45, 7) is 2.68. The van der Waals surface area contributed by atoms with Gasteiger partial charge < -0.3 is 14.8 Å². The van der Waals surface area contributed by atoms with Gasteiger partial charge in [0, 0.05) is 18.2 Å². The summed E-state index contributed by atoms with van der Waals surface area (Å²) in [5, 5.41) is 3.31. The number of halogens is 1. The van der Waals surface area contributed by atoms with E-state index in [9.17, 15) is 9.18 Å². The van der Waals surface area contributed by atoms with Crippen molar-refractivity contribution in [1.82, 2.24) is 5.32 Å². The molecule has 0 aromatic heterocycles. The van der Waals surface area contributed by atoms with Crippen molar-refractivity contribution in [2.45, 2.75) is 45.2 Å². The van der Waals surface area contributed by atoms with Gasteiger partial charge in [-0.25, -0.2) is 9.18 Å². The van der Waals surface area contributed by atoms with Crippen LogP contribution in [0.2, 0.25) is 0 Å². The number of ether oxygens (including phenoxy) is 2. The first-order chi connectivity index (χ1) is 10.2. The van der Waals surface area contributed by atoms with Crippen molar-refractivity contribution in [3.63, 3.8) is 0 Å². The molecule has 1 aliphatic carbocycles. The smallest absolute Gasteiger partial charge is 0.344 e. The molecule has 1 aliphatic rings. The molecule has 21 heavy (non-hydrogen) atoms. The van der Waals surface area contributed by atoms with Gasteiger partial charge in [-0.3, -0.25) is 0 Å². The second-order valence-corrected chi connectivity index (χ2v) is 5.25. The highest BCUT2D eigenvalue weighted by molar-refractivity contribution is 5.71. The molecular weight excluding hydrogens is 273 g/mol. The van der Waals surface area contributed by atoms with Crippen molar-refractivity contribution in [2.24, 2.45) is 0 Å². The summed E-state index contributed by atoms with van der Waals surface area (Å²) in [4.78, 5) is 11.5. The van der Waals surface area contributed by atoms with Gasteiger partial charge >= 0.3 is 5.97 Å². The minimum absolute atomic E-state index is 0.137. The van der Waals surface area contributed by atoms with Crippen LogP contribution in [0.5, 0.6) is 5.75 Å². The van der Waals surface area contributed by atoms with E-state index in [4.69, 9.17) is 9.47 Å². The van der Waals surface area contributed by atoms with Crippen molar-refractivity contribution in [3.8, 4) is 5.75 Å². The van der Waals surface area contributed by atoms with Crippen molar-refractivity contribution in [3.05, 3.63) is 29.6 Å². The average molecular weight is 295 g/mol. The Kier molecular flexibility index (Phi) is 5.99. The molecule has 0 atom stereocenters. The van der Waals surface area contributed by atoms with Crippen LogP contribution >= 0.6 is 0 Å². The zero-order chi connectivity index (χ0) is 15.1. The Morgan fingerprint density at radius 1 is 1.43 bits per heavy atom. The van der Waals surface area contributed by atoms with Gasteiger partial charge in [0.05, 0.1) is 6.61 Å². The minimum atomic E-state index is -0.465. The molecule has 1 fully saturated rings. The van der Waals surface area contributed by atoms with Gasteiger partial charge in [0.25, 0.3) is 0 Å². The monoisotopic (exact) mass is 295 g/mol. The van der Waals surface area contributed by atoms with Crippen LogP contribution in [0.1, 0.15) is 38.2 Å². The summed E-state index contributed by atoms with van der Waals surface area (Å²) in [5.74, 6) is -0.780. The molecule has 1 saturated carbocycles. The second-order valence-electron chi connectivity index (χ2n) is 5.25. The fourth-order valence-corrected chi connectivity index (χ4v) is 1.90. The molecule has 0 saturated heterocycles. The second kappa shape index (κ2) is 7.98. The van der Waals surface area contributed by atoms with Gasteiger partial charge in [-0.05, 0) is 25.3 Å². The van der Waals surface area contributed by atoms with Crippen LogP contribution < -0.4 is 10.1 Å². The Morgan fingerprint density at radius 2 is 2.24 bits per heavy atom. The molecule has 0 unspecified atom stereocenters. The molecule has 0 spiro atoms. The van der Waals surface area contributed by atoms with Gasteiger partial charge in [-0.2, -0.15) is 0 Å². The SMILES string of the molecule is CCCCOC(=O)COc1c(F)cccc1CNC1CC1. The fourth-order valence-electron chi connectivity index (χ4n) is 1.90. The molecule has 1 aromatic carbocycles. The topological polar surface area (TPSA) is 47.6 Å². The van der Waals surface area contributed by atoms with Crippen LogP contribution in [0.4, 0.5) is 4.39 Å². The molecular formula is C16H22FNO3. The third-order valence-electron chi connectivity index (χ3n) is 3.30. The third-order valence-corrected chi connectivity index (χ3v) is 3.30. The van der Waals surface area contributed by atoms with Crippen molar-refractivity contribution in [1.29, 1.82) is 0 Å². The Hall–Kier alpha value is -1.62. The Bertz CT molecular complexity index is 475. The number of benzene rings is 1. The molecule has 1 aromatic rings. The van der Waals surface area contributed by atoms with Crippen LogP contribution in [0.25, 0.3) is 0 Å². The lowest BCUT2D eigenvalue weighted by Gasteiger charge is -2.12. The molecule has 5 heteroatoms. The molecule has 116 valence electrons. The van der Waals surface area contributed by atoms with E-state index in [1.54, 1.807) is 12.1 Å². The number of rotatable bonds is 9. The zero-order valence-corrected chi connectivity index (χ0v) is 12.4. The lowest BCUT2D eigenvalue weighted by atomic mass is 10.2. The highest BCUT2D eigenvalue weighted by atomic mass is 19.1. The van der Waals surface area contributed by atoms with Crippen LogP contribution in [0, 0.1) is 5.82 Å². The number of para-hydroxylation sites is 1. The number of nitrogens with one attached hydrogen (secondary N) is 1. The predicted octanol–water partition coefficient (Wildman–Crippen LogP) is 2.80. The van der Waals surface area contributed by atoms with Crippen molar-refractivity contribution >= 4 is 5.97 Å². The maximum absolute atomic E-state index is 13.8. The largest absolute Gasteiger partial charge is 0.478 e. The van der Waals surface area contributed by atoms with Gasteiger partial charge in [0.1, 0.15) is 0 Å². The molecule has 2 rings (SSSR count). The predicted molar refractivity (Wildman–Crippen MR) is 77.6 cm³/mol. The fraction of sp³-hybridized carbons (Fsp3) is 0.562. The van der Waals surface area contributed by atoms with E-state index in [-0.39, 0.29) is 12.4 Å². The third kappa shape index (κ3) is 5.34. The molecule has 0 aliphatic heterocycles. The standard InChI is InChI=1S/C16H22FNO3/c1-2-3-9-20-15(19)11-21-16-12(5-4-6-14(16)17)10-18-13-7-8-13/h4-6,13,18H,2-3,7-11H2,1H3. The number of carbonyl (C=O) groups excluding carboxylic acids is 1. The first-order valence-corrected chi connectivity index (χ1v) is 7.50. The van der Waals surface area contributed by atoms with E-state index in [1.807, 2.05) is 6.92 Å². The normalized spacial score (nSPS) is 14.0. The van der Waals surface area contributed by atoms with E-state index in [1.165, 1.54) is 6.07 Å². The van der Waals surface area contributed by atoms with E-state index in [0.717, 1.165) is 31.2 Å². The number of hydrogen-bond acceptors (Lipinski definition) is 4. The Morgan fingerprint density at radius 3 is 2.95 bits per heavy atom. The number of esters is 1. The maximum Gasteiger partial charge on any atom is 0.344 e. The minimum Gasteiger partial charge on any atom is -0.478 e. The summed E-state index contributed by atoms with van der Waals surface area (Å²) < 4.78 is 24.2. The summed E-state index contributed by atoms with van der Waals surface area (Å²) in [7, 11) is 0. The lowest BCUT2D eigenvalue weighted by Crippen LogP contribution is -2.19. The van der Waals surface area contributed by atoms with Crippen LogP contribution in [-0.4, -0.2) is 25.2 Å². The van der Waals surface area contributed by atoms with Crippen LogP contribution in [0.3, 0.4) is 0 Å². The Labute approximate surface area is 124 Å². The van der Waals surface area contributed by atoms with Gasteiger partial charge in [-0.1, -0.05) is 25.5 Å². The highest BCUT2D eigenvalue weighted by Crippen LogP contribution is 2.25. The van der Waals surface area contributed by atoms with Crippen molar-refractivity contribution < 1.29 is 18.7 Å². The maximum atomic E-state index is 13.8. The van der Waals surface area contributed by atoms with E-state index >= 15 is 0 Å². The van der Waals surface area contributed by atoms with Crippen LogP contribution in [0.15, 0.2) is 18.2 Å². The van der Waals surface area contributed by atoms with E-state index < -0.39 is 11.8 Å². The summed E-state index contributed by atoms with van der Waals surface area (Å²) >= 11 is 0. The molecule has 1 N–H and O–H groups in total. The van der Waals surface area contributed by atoms with Crippen LogP contribution in [-0.2, 0) is 16.1 Å². The summed E-state index contributed by atoms with van der Waals surface area (Å²) in [5.41, 5.74) is 0.725. The highest BCUT2D eigenvalue weighted by Gasteiger charge is 2.21. The molecule has 0 bridgehead atoms. The summed E-state index contributed by atoms with van der Waals surface area (Å²) in [6, 6.07) is 5.31. The van der Waals surface area contributed by atoms with E-state index in [0.29, 0.717) is 19.2 Å². The van der Waals surface area contributed by atoms with Crippen molar-refractivity contribution in [2.75, 3.05) is 13.2 Å². The average Bonchev–Trinajstić information content (AvgIpc) is 3.28. The number of hydrogen-bond donors (Lipinski definition) is 1. The molecule has 4 nitrogen and oxygen atoms in total. The molecule has 0 heterocycles. The first-order valence-electron chi connectivity index (χ1n) is 7.50. The first kappa shape index (κ1) is 15.8. The summed E-state index contributed by atoms with van der Waals surface area (Å²) in [6.07, 6.45) is 4.10. The lowest BCUT2D eigenvalue weighted by molar-refractivity contribution is -0.146. The van der Waals surface area contributed by atoms with Gasteiger partial charge in [0.2, 0.25) is 0 Å². The van der Waals surface area contributed by atoms with Gasteiger partial charge in [0.15, 0.2) is 18.2 Å². The van der Waals surface area contributed by atoms with Gasteiger partial charge in [-0.15, -0.1) is 0 Å². The zero-order valence-electron chi connectivity index (χ0n) is 12.4. The number of unbranched alkanes of at least 4 members (excludes halogenated alkanes) is 1. The molecule has 0 amide bonds. The Balaban J connectivity index is 1.86. The quantitative estimate of drug-likeness (QED) is 0.562.